The molecular weight excluding hydrogens is 535 g/mol. The van der Waals surface area contributed by atoms with Crippen molar-refractivity contribution in [3.63, 3.8) is 0 Å². The quantitative estimate of drug-likeness (QED) is 0.310. The van der Waals surface area contributed by atoms with Crippen molar-refractivity contribution in [1.82, 2.24) is 25.2 Å². The maximum absolute atomic E-state index is 13.2. The molecule has 2 aromatic rings. The predicted molar refractivity (Wildman–Crippen MR) is 145 cm³/mol. The Morgan fingerprint density at radius 3 is 2.68 bits per heavy atom. The number of nitrogens with one attached hydrogen (secondary N) is 3. The molecule has 0 spiro atoms. The van der Waals surface area contributed by atoms with E-state index in [2.05, 4.69) is 30.9 Å². The second-order valence-electron chi connectivity index (χ2n) is 9.02. The number of hydrogen-bond acceptors (Lipinski definition) is 10. The number of aliphatic hydroxyl groups is 1. The molecule has 14 heteroatoms. The Morgan fingerprint density at radius 2 is 2.00 bits per heavy atom. The van der Waals surface area contributed by atoms with E-state index < -0.39 is 6.04 Å². The van der Waals surface area contributed by atoms with Crippen molar-refractivity contribution in [3.8, 4) is 0 Å². The normalized spacial score (nSPS) is 20.2. The maximum Gasteiger partial charge on any atom is 0.244 e. The fraction of sp³-hybridized carbons (Fsp3) is 0.542. The van der Waals surface area contributed by atoms with Crippen molar-refractivity contribution in [1.29, 1.82) is 0 Å². The molecule has 12 nitrogen and oxygen atoms in total. The summed E-state index contributed by atoms with van der Waals surface area (Å²) in [4.78, 5) is 42.7. The van der Waals surface area contributed by atoms with Crippen LogP contribution in [0.1, 0.15) is 24.4 Å². The van der Waals surface area contributed by atoms with E-state index in [4.69, 9.17) is 27.9 Å². The van der Waals surface area contributed by atoms with Gasteiger partial charge in [0.05, 0.1) is 25.2 Å². The summed E-state index contributed by atoms with van der Waals surface area (Å²) in [6.07, 6.45) is 1.10. The Labute approximate surface area is 231 Å². The molecule has 4 rings (SSSR count). The van der Waals surface area contributed by atoms with Crippen LogP contribution < -0.4 is 20.9 Å². The molecule has 2 fully saturated rings. The molecule has 4 N–H and O–H groups in total. The van der Waals surface area contributed by atoms with Gasteiger partial charge >= 0.3 is 0 Å². The van der Waals surface area contributed by atoms with E-state index in [1.54, 1.807) is 13.1 Å². The van der Waals surface area contributed by atoms with E-state index in [1.165, 1.54) is 4.90 Å². The number of benzene rings is 1. The highest BCUT2D eigenvalue weighted by molar-refractivity contribution is 6.31. The summed E-state index contributed by atoms with van der Waals surface area (Å²) >= 11 is 12.2. The Morgan fingerprint density at radius 1 is 1.21 bits per heavy atom. The first-order valence-corrected chi connectivity index (χ1v) is 13.4. The van der Waals surface area contributed by atoms with E-state index in [-0.39, 0.29) is 55.4 Å². The maximum atomic E-state index is 13.2. The van der Waals surface area contributed by atoms with Crippen LogP contribution in [-0.4, -0.2) is 101 Å². The van der Waals surface area contributed by atoms with Crippen molar-refractivity contribution >= 4 is 52.9 Å². The van der Waals surface area contributed by atoms with Crippen molar-refractivity contribution < 1.29 is 19.4 Å². The lowest BCUT2D eigenvalue weighted by molar-refractivity contribution is -0.139. The van der Waals surface area contributed by atoms with Crippen molar-refractivity contribution in [2.75, 3.05) is 67.9 Å². The molecule has 0 bridgehead atoms. The summed E-state index contributed by atoms with van der Waals surface area (Å²) in [5.74, 6) is 0.146. The highest BCUT2D eigenvalue weighted by atomic mass is 35.5. The number of carbonyl (C=O) groups is 2. The Balaban J connectivity index is 1.58. The number of rotatable bonds is 10. The molecule has 0 radical (unpaired) electrons. The van der Waals surface area contributed by atoms with Gasteiger partial charge in [-0.2, -0.15) is 15.0 Å². The van der Waals surface area contributed by atoms with Gasteiger partial charge in [-0.3, -0.25) is 9.59 Å². The SMILES string of the molecule is CNc1nc(NC(CCO)c2ccccc2Cl)nc(N2CCN(C(=O)CCl)C(C(=O)NC3CCOC3)C2)n1. The van der Waals surface area contributed by atoms with Crippen LogP contribution in [0, 0.1) is 0 Å². The molecule has 0 saturated carbocycles. The number of nitrogens with zero attached hydrogens (tertiary/aromatic N) is 5. The Bertz CT molecular complexity index is 1120. The zero-order chi connectivity index (χ0) is 27.1. The zero-order valence-corrected chi connectivity index (χ0v) is 22.6. The largest absolute Gasteiger partial charge is 0.396 e. The number of carbonyl (C=O) groups excluding carboxylic acids is 2. The summed E-state index contributed by atoms with van der Waals surface area (Å²) in [7, 11) is 1.69. The first kappa shape index (κ1) is 28.1. The molecule has 1 aromatic carbocycles. The highest BCUT2D eigenvalue weighted by Crippen LogP contribution is 2.28. The second-order valence-corrected chi connectivity index (χ2v) is 9.69. The summed E-state index contributed by atoms with van der Waals surface area (Å²) < 4.78 is 5.37. The average molecular weight is 567 g/mol. The monoisotopic (exact) mass is 566 g/mol. The third kappa shape index (κ3) is 6.73. The first-order chi connectivity index (χ1) is 18.4. The molecule has 2 aliphatic heterocycles. The molecule has 2 saturated heterocycles. The third-order valence-corrected chi connectivity index (χ3v) is 7.10. The van der Waals surface area contributed by atoms with Crippen LogP contribution in [0.5, 0.6) is 0 Å². The molecule has 1 aromatic heterocycles. The van der Waals surface area contributed by atoms with Crippen LogP contribution in [-0.2, 0) is 14.3 Å². The molecule has 0 aliphatic carbocycles. The van der Waals surface area contributed by atoms with E-state index in [9.17, 15) is 14.7 Å². The van der Waals surface area contributed by atoms with Crippen LogP contribution in [0.2, 0.25) is 5.02 Å². The number of ether oxygens (including phenoxy) is 1. The fourth-order valence-corrected chi connectivity index (χ4v) is 4.96. The number of piperazine rings is 1. The number of alkyl halides is 1. The molecule has 3 unspecified atom stereocenters. The molecule has 206 valence electrons. The van der Waals surface area contributed by atoms with Gasteiger partial charge in [0.1, 0.15) is 11.9 Å². The lowest BCUT2D eigenvalue weighted by Crippen LogP contribution is -2.62. The minimum absolute atomic E-state index is 0.0703. The van der Waals surface area contributed by atoms with Gasteiger partial charge in [0.25, 0.3) is 0 Å². The van der Waals surface area contributed by atoms with Crippen LogP contribution in [0.3, 0.4) is 0 Å². The summed E-state index contributed by atoms with van der Waals surface area (Å²) in [6.45, 7) is 1.82. The summed E-state index contributed by atoms with van der Waals surface area (Å²) in [5.41, 5.74) is 0.803. The number of aromatic nitrogens is 3. The average Bonchev–Trinajstić information content (AvgIpc) is 3.45. The standard InChI is InChI=1S/C24H32Cl2N8O4/c1-27-22-30-23(29-18(6-10-35)16-4-2-3-5-17(16)26)32-24(31-22)33-8-9-34(20(36)12-25)19(13-33)21(37)28-15-7-11-38-14-15/h2-5,15,18-19,35H,6-14H2,1H3,(H,28,37)(H2,27,29,30,31,32). The van der Waals surface area contributed by atoms with Gasteiger partial charge in [0, 0.05) is 38.4 Å². The summed E-state index contributed by atoms with van der Waals surface area (Å²) in [6, 6.07) is 6.15. The first-order valence-electron chi connectivity index (χ1n) is 12.5. The topological polar surface area (TPSA) is 145 Å². The van der Waals surface area contributed by atoms with Crippen LogP contribution >= 0.6 is 23.2 Å². The summed E-state index contributed by atoms with van der Waals surface area (Å²) in [5, 5.41) is 19.4. The minimum Gasteiger partial charge on any atom is -0.396 e. The van der Waals surface area contributed by atoms with Crippen LogP contribution in [0.15, 0.2) is 24.3 Å². The van der Waals surface area contributed by atoms with Gasteiger partial charge in [0.2, 0.25) is 29.7 Å². The van der Waals surface area contributed by atoms with Gasteiger partial charge in [-0.15, -0.1) is 11.6 Å². The molecule has 38 heavy (non-hydrogen) atoms. The zero-order valence-electron chi connectivity index (χ0n) is 21.1. The number of halogens is 2. The van der Waals surface area contributed by atoms with Gasteiger partial charge in [-0.25, -0.2) is 0 Å². The van der Waals surface area contributed by atoms with Crippen LogP contribution in [0.4, 0.5) is 17.8 Å². The number of anilines is 3. The van der Waals surface area contributed by atoms with Gasteiger partial charge < -0.3 is 35.6 Å². The molecule has 3 heterocycles. The third-order valence-electron chi connectivity index (χ3n) is 6.53. The van der Waals surface area contributed by atoms with E-state index in [0.29, 0.717) is 43.1 Å². The second kappa shape index (κ2) is 13.2. The lowest BCUT2D eigenvalue weighted by atomic mass is 10.0. The van der Waals surface area contributed by atoms with E-state index >= 15 is 0 Å². The molecule has 3 atom stereocenters. The van der Waals surface area contributed by atoms with E-state index in [0.717, 1.165) is 12.0 Å². The predicted octanol–water partition coefficient (Wildman–Crippen LogP) is 1.26. The Hall–Kier alpha value is -2.93. The smallest absolute Gasteiger partial charge is 0.244 e. The molecule has 2 aliphatic rings. The molecule has 2 amide bonds. The lowest BCUT2D eigenvalue weighted by Gasteiger charge is -2.40. The Kier molecular flexibility index (Phi) is 9.78. The molecular formula is C24H32Cl2N8O4. The van der Waals surface area contributed by atoms with E-state index in [1.807, 2.05) is 23.1 Å². The van der Waals surface area contributed by atoms with Crippen molar-refractivity contribution in [3.05, 3.63) is 34.9 Å². The van der Waals surface area contributed by atoms with Crippen molar-refractivity contribution in [2.24, 2.45) is 0 Å². The van der Waals surface area contributed by atoms with Crippen LogP contribution in [0.25, 0.3) is 0 Å². The van der Waals surface area contributed by atoms with Gasteiger partial charge in [0.15, 0.2) is 0 Å². The van der Waals surface area contributed by atoms with Gasteiger partial charge in [-0.05, 0) is 24.5 Å². The number of amides is 2. The minimum atomic E-state index is -0.771. The van der Waals surface area contributed by atoms with Crippen molar-refractivity contribution in [2.45, 2.75) is 31.0 Å². The number of hydrogen-bond donors (Lipinski definition) is 4. The van der Waals surface area contributed by atoms with Gasteiger partial charge in [-0.1, -0.05) is 29.8 Å². The highest BCUT2D eigenvalue weighted by Gasteiger charge is 2.37. The number of aliphatic hydroxyl groups excluding tert-OH is 1. The fourth-order valence-electron chi connectivity index (χ4n) is 4.54.